The Balaban J connectivity index is 1.68. The van der Waals surface area contributed by atoms with E-state index in [0.717, 1.165) is 12.8 Å². The number of hydrogen-bond acceptors (Lipinski definition) is 3. The fraction of sp³-hybridized carbons (Fsp3) is 0.833. The molecule has 1 N–H and O–H groups in total. The van der Waals surface area contributed by atoms with Crippen molar-refractivity contribution in [3.63, 3.8) is 0 Å². The molecule has 2 aliphatic rings. The number of carbonyl (C=O) groups is 2. The van der Waals surface area contributed by atoms with Crippen LogP contribution < -0.4 is 5.32 Å². The minimum Gasteiger partial charge on any atom is -0.352 e. The number of rotatable bonds is 4. The van der Waals surface area contributed by atoms with E-state index in [9.17, 15) is 22.8 Å². The van der Waals surface area contributed by atoms with Crippen LogP contribution in [0.2, 0.25) is 0 Å². The van der Waals surface area contributed by atoms with Crippen LogP contribution in [-0.2, 0) is 9.59 Å². The lowest BCUT2D eigenvalue weighted by Crippen LogP contribution is -2.51. The number of alkyl halides is 3. The van der Waals surface area contributed by atoms with Gasteiger partial charge in [-0.25, -0.2) is 0 Å². The van der Waals surface area contributed by atoms with Crippen molar-refractivity contribution < 1.29 is 22.8 Å². The largest absolute Gasteiger partial charge is 0.397 e. The summed E-state index contributed by atoms with van der Waals surface area (Å²) in [6.07, 6.45) is -3.83. The second kappa shape index (κ2) is 5.99. The van der Waals surface area contributed by atoms with Crippen molar-refractivity contribution in [2.45, 2.75) is 31.5 Å². The third-order valence-corrected chi connectivity index (χ3v) is 3.39. The Morgan fingerprint density at radius 2 is 1.70 bits per heavy atom. The van der Waals surface area contributed by atoms with Gasteiger partial charge in [-0.2, -0.15) is 13.2 Å². The Hall–Kier alpha value is -1.31. The van der Waals surface area contributed by atoms with Gasteiger partial charge in [-0.05, 0) is 12.8 Å². The highest BCUT2D eigenvalue weighted by atomic mass is 19.4. The Labute approximate surface area is 115 Å². The average Bonchev–Trinajstić information content (AvgIpc) is 3.11. The van der Waals surface area contributed by atoms with Crippen LogP contribution in [-0.4, -0.2) is 66.6 Å². The van der Waals surface area contributed by atoms with Crippen LogP contribution in [0.4, 0.5) is 13.2 Å². The SMILES string of the molecule is O=C(CN1CCN(C(=O)CC(F)(F)F)CC1)NC1CC1. The molecule has 2 rings (SSSR count). The topological polar surface area (TPSA) is 52.7 Å². The van der Waals surface area contributed by atoms with Crippen molar-refractivity contribution in [2.75, 3.05) is 32.7 Å². The summed E-state index contributed by atoms with van der Waals surface area (Å²) >= 11 is 0. The van der Waals surface area contributed by atoms with E-state index in [2.05, 4.69) is 5.32 Å². The highest BCUT2D eigenvalue weighted by molar-refractivity contribution is 5.79. The van der Waals surface area contributed by atoms with E-state index in [1.807, 2.05) is 4.90 Å². The van der Waals surface area contributed by atoms with Crippen molar-refractivity contribution in [1.29, 1.82) is 0 Å². The van der Waals surface area contributed by atoms with Crippen LogP contribution in [0.5, 0.6) is 0 Å². The third kappa shape index (κ3) is 4.99. The normalized spacial score (nSPS) is 20.9. The molecular weight excluding hydrogens is 275 g/mol. The first-order valence-corrected chi connectivity index (χ1v) is 6.70. The Morgan fingerprint density at radius 3 is 2.20 bits per heavy atom. The smallest absolute Gasteiger partial charge is 0.352 e. The first kappa shape index (κ1) is 15.1. The zero-order valence-corrected chi connectivity index (χ0v) is 11.1. The maximum atomic E-state index is 12.1. The summed E-state index contributed by atoms with van der Waals surface area (Å²) in [5, 5.41) is 2.86. The maximum Gasteiger partial charge on any atom is 0.397 e. The summed E-state index contributed by atoms with van der Waals surface area (Å²) in [7, 11) is 0. The maximum absolute atomic E-state index is 12.1. The van der Waals surface area contributed by atoms with Crippen molar-refractivity contribution in [3.05, 3.63) is 0 Å². The van der Waals surface area contributed by atoms with Gasteiger partial charge in [0.25, 0.3) is 0 Å². The summed E-state index contributed by atoms with van der Waals surface area (Å²) in [5.74, 6) is -0.942. The van der Waals surface area contributed by atoms with E-state index in [0.29, 0.717) is 19.1 Å². The highest BCUT2D eigenvalue weighted by Gasteiger charge is 2.34. The van der Waals surface area contributed by atoms with Crippen LogP contribution >= 0.6 is 0 Å². The van der Waals surface area contributed by atoms with Crippen LogP contribution in [0.15, 0.2) is 0 Å². The first-order valence-electron chi connectivity index (χ1n) is 6.70. The predicted octanol–water partition coefficient (Wildman–Crippen LogP) is 0.362. The van der Waals surface area contributed by atoms with Gasteiger partial charge in [0.1, 0.15) is 6.42 Å². The van der Waals surface area contributed by atoms with Crippen LogP contribution in [0.1, 0.15) is 19.3 Å². The lowest BCUT2D eigenvalue weighted by atomic mass is 10.2. The molecule has 1 saturated carbocycles. The van der Waals surface area contributed by atoms with Gasteiger partial charge in [-0.15, -0.1) is 0 Å². The van der Waals surface area contributed by atoms with Gasteiger partial charge >= 0.3 is 6.18 Å². The van der Waals surface area contributed by atoms with Gasteiger partial charge in [0.05, 0.1) is 6.54 Å². The van der Waals surface area contributed by atoms with Crippen molar-refractivity contribution in [1.82, 2.24) is 15.1 Å². The van der Waals surface area contributed by atoms with E-state index in [1.165, 1.54) is 4.90 Å². The number of amides is 2. The van der Waals surface area contributed by atoms with Crippen molar-refractivity contribution in [2.24, 2.45) is 0 Å². The molecule has 20 heavy (non-hydrogen) atoms. The van der Waals surface area contributed by atoms with Gasteiger partial charge in [0.15, 0.2) is 0 Å². The molecule has 0 atom stereocenters. The third-order valence-electron chi connectivity index (χ3n) is 3.39. The zero-order chi connectivity index (χ0) is 14.8. The van der Waals surface area contributed by atoms with Gasteiger partial charge in [0.2, 0.25) is 11.8 Å². The standard InChI is InChI=1S/C12H18F3N3O2/c13-12(14,15)7-11(20)18-5-3-17(4-6-18)8-10(19)16-9-1-2-9/h9H,1-8H2,(H,16,19). The fourth-order valence-electron chi connectivity index (χ4n) is 2.14. The predicted molar refractivity (Wildman–Crippen MR) is 64.9 cm³/mol. The minimum absolute atomic E-state index is 0.0532. The molecule has 114 valence electrons. The summed E-state index contributed by atoms with van der Waals surface area (Å²) in [5.41, 5.74) is 0. The van der Waals surface area contributed by atoms with E-state index in [-0.39, 0.29) is 25.5 Å². The summed E-state index contributed by atoms with van der Waals surface area (Å²) in [4.78, 5) is 26.1. The van der Waals surface area contributed by atoms with E-state index >= 15 is 0 Å². The molecular formula is C12H18F3N3O2. The number of piperazine rings is 1. The second-order valence-electron chi connectivity index (χ2n) is 5.29. The summed E-state index contributed by atoms with van der Waals surface area (Å²) in [6, 6.07) is 0.303. The molecule has 1 aliphatic heterocycles. The quantitative estimate of drug-likeness (QED) is 0.814. The van der Waals surface area contributed by atoms with Crippen LogP contribution in [0.25, 0.3) is 0 Å². The van der Waals surface area contributed by atoms with E-state index in [1.54, 1.807) is 0 Å². The number of nitrogens with zero attached hydrogens (tertiary/aromatic N) is 2. The number of hydrogen-bond donors (Lipinski definition) is 1. The molecule has 0 bridgehead atoms. The molecule has 0 aromatic heterocycles. The first-order chi connectivity index (χ1) is 9.33. The molecule has 2 fully saturated rings. The van der Waals surface area contributed by atoms with Crippen molar-refractivity contribution in [3.8, 4) is 0 Å². The second-order valence-corrected chi connectivity index (χ2v) is 5.29. The lowest BCUT2D eigenvalue weighted by molar-refractivity contribution is -0.162. The Morgan fingerprint density at radius 1 is 1.10 bits per heavy atom. The molecule has 1 aliphatic carbocycles. The molecule has 0 spiro atoms. The van der Waals surface area contributed by atoms with E-state index < -0.39 is 18.5 Å². The van der Waals surface area contributed by atoms with Gasteiger partial charge < -0.3 is 10.2 Å². The molecule has 0 unspecified atom stereocenters. The van der Waals surface area contributed by atoms with Crippen molar-refractivity contribution >= 4 is 11.8 Å². The van der Waals surface area contributed by atoms with Gasteiger partial charge in [-0.3, -0.25) is 14.5 Å². The molecule has 0 aromatic carbocycles. The molecule has 0 radical (unpaired) electrons. The number of carbonyl (C=O) groups excluding carboxylic acids is 2. The van der Waals surface area contributed by atoms with E-state index in [4.69, 9.17) is 0 Å². The molecule has 2 amide bonds. The number of halogens is 3. The highest BCUT2D eigenvalue weighted by Crippen LogP contribution is 2.21. The number of nitrogens with one attached hydrogen (secondary N) is 1. The van der Waals surface area contributed by atoms with Gasteiger partial charge in [-0.1, -0.05) is 0 Å². The zero-order valence-electron chi connectivity index (χ0n) is 11.1. The summed E-state index contributed by atoms with van der Waals surface area (Å²) < 4.78 is 36.4. The molecule has 1 saturated heterocycles. The Kier molecular flexibility index (Phi) is 4.52. The summed E-state index contributed by atoms with van der Waals surface area (Å²) in [6.45, 7) is 1.60. The molecule has 8 heteroatoms. The lowest BCUT2D eigenvalue weighted by Gasteiger charge is -2.34. The monoisotopic (exact) mass is 293 g/mol. The fourth-order valence-corrected chi connectivity index (χ4v) is 2.14. The van der Waals surface area contributed by atoms with Crippen LogP contribution in [0, 0.1) is 0 Å². The molecule has 1 heterocycles. The molecule has 0 aromatic rings. The van der Waals surface area contributed by atoms with Crippen LogP contribution in [0.3, 0.4) is 0 Å². The molecule has 5 nitrogen and oxygen atoms in total. The Bertz CT molecular complexity index is 375. The average molecular weight is 293 g/mol. The minimum atomic E-state index is -4.46. The van der Waals surface area contributed by atoms with Gasteiger partial charge in [0, 0.05) is 32.2 Å².